The summed E-state index contributed by atoms with van der Waals surface area (Å²) in [7, 11) is -2.65. The normalized spacial score (nSPS) is 11.1. The second-order valence-electron chi connectivity index (χ2n) is 8.01. The number of rotatable bonds is 10. The van der Waals surface area contributed by atoms with E-state index in [1.807, 2.05) is 42.5 Å². The number of carbonyl (C=O) groups excluding carboxylic acids is 1. The molecule has 1 amide bonds. The lowest BCUT2D eigenvalue weighted by molar-refractivity contribution is -0.114. The third-order valence-electron chi connectivity index (χ3n) is 5.44. The van der Waals surface area contributed by atoms with E-state index < -0.39 is 28.3 Å². The van der Waals surface area contributed by atoms with Crippen molar-refractivity contribution in [1.29, 1.82) is 0 Å². The molecular formula is C28H25FN2O4S2. The molecule has 0 atom stereocenters. The number of thioether (sulfide) groups is 1. The number of ether oxygens (including phenoxy) is 1. The molecule has 4 aromatic rings. The average Bonchev–Trinajstić information content (AvgIpc) is 2.92. The van der Waals surface area contributed by atoms with Gasteiger partial charge in [-0.05, 0) is 78.4 Å². The van der Waals surface area contributed by atoms with E-state index in [9.17, 15) is 17.6 Å². The predicted octanol–water partition coefficient (Wildman–Crippen LogP) is 5.96. The Hall–Kier alpha value is -3.82. The lowest BCUT2D eigenvalue weighted by Gasteiger charge is -2.24. The Morgan fingerprint density at radius 1 is 0.892 bits per heavy atom. The van der Waals surface area contributed by atoms with Crippen LogP contribution in [0.1, 0.15) is 5.56 Å². The van der Waals surface area contributed by atoms with E-state index >= 15 is 0 Å². The number of hydrogen-bond acceptors (Lipinski definition) is 5. The molecule has 6 nitrogen and oxygen atoms in total. The molecule has 4 aromatic carbocycles. The van der Waals surface area contributed by atoms with Gasteiger partial charge in [-0.2, -0.15) is 0 Å². The molecule has 0 fully saturated rings. The van der Waals surface area contributed by atoms with Gasteiger partial charge < -0.3 is 10.1 Å². The molecule has 9 heteroatoms. The second-order valence-corrected chi connectivity index (χ2v) is 10.9. The van der Waals surface area contributed by atoms with Crippen molar-refractivity contribution in [2.75, 3.05) is 23.3 Å². The highest BCUT2D eigenvalue weighted by Crippen LogP contribution is 2.27. The van der Waals surface area contributed by atoms with E-state index in [4.69, 9.17) is 4.74 Å². The zero-order valence-corrected chi connectivity index (χ0v) is 21.6. The standard InChI is InChI=1S/C28H25FN2O4S2/c1-35-25-15-13-24(14-16-25)31(37(33,34)27-17-9-22(29)10-18-27)19-28(32)30-23-11-7-21(8-12-23)20-36-26-5-3-2-4-6-26/h2-18H,19-20H2,1H3,(H,30,32). The number of benzene rings is 4. The zero-order chi connectivity index (χ0) is 26.3. The zero-order valence-electron chi connectivity index (χ0n) is 20.0. The topological polar surface area (TPSA) is 75.7 Å². The highest BCUT2D eigenvalue weighted by molar-refractivity contribution is 7.98. The Labute approximate surface area is 220 Å². The van der Waals surface area contributed by atoms with E-state index in [1.165, 1.54) is 24.1 Å². The molecule has 190 valence electrons. The number of anilines is 2. The van der Waals surface area contributed by atoms with Crippen LogP contribution in [0.4, 0.5) is 15.8 Å². The number of amides is 1. The number of halogens is 1. The molecule has 0 bridgehead atoms. The Bertz CT molecular complexity index is 1430. The molecule has 0 aromatic heterocycles. The van der Waals surface area contributed by atoms with Crippen LogP contribution in [0.3, 0.4) is 0 Å². The molecule has 0 aliphatic carbocycles. The lowest BCUT2D eigenvalue weighted by atomic mass is 10.2. The van der Waals surface area contributed by atoms with E-state index in [0.29, 0.717) is 11.4 Å². The highest BCUT2D eigenvalue weighted by Gasteiger charge is 2.27. The molecule has 0 spiro atoms. The summed E-state index contributed by atoms with van der Waals surface area (Å²) >= 11 is 1.71. The summed E-state index contributed by atoms with van der Waals surface area (Å²) in [5, 5.41) is 2.76. The maximum absolute atomic E-state index is 13.4. The minimum atomic E-state index is -4.16. The fourth-order valence-corrected chi connectivity index (χ4v) is 5.79. The maximum atomic E-state index is 13.4. The number of nitrogens with zero attached hydrogens (tertiary/aromatic N) is 1. The Morgan fingerprint density at radius 3 is 2.16 bits per heavy atom. The van der Waals surface area contributed by atoms with Gasteiger partial charge in [0.1, 0.15) is 18.1 Å². The molecular weight excluding hydrogens is 511 g/mol. The molecule has 0 heterocycles. The molecule has 1 N–H and O–H groups in total. The summed E-state index contributed by atoms with van der Waals surface area (Å²) in [6, 6.07) is 28.2. The van der Waals surface area contributed by atoms with Crippen molar-refractivity contribution in [2.45, 2.75) is 15.5 Å². The van der Waals surface area contributed by atoms with Gasteiger partial charge in [0.25, 0.3) is 10.0 Å². The van der Waals surface area contributed by atoms with E-state index in [-0.39, 0.29) is 10.6 Å². The van der Waals surface area contributed by atoms with Crippen LogP contribution in [-0.4, -0.2) is 28.0 Å². The number of methoxy groups -OCH3 is 1. The summed E-state index contributed by atoms with van der Waals surface area (Å²) in [6.07, 6.45) is 0. The van der Waals surface area contributed by atoms with Crippen molar-refractivity contribution >= 4 is 39.1 Å². The minimum Gasteiger partial charge on any atom is -0.497 e. The van der Waals surface area contributed by atoms with Gasteiger partial charge in [-0.1, -0.05) is 30.3 Å². The largest absolute Gasteiger partial charge is 0.497 e. The fourth-order valence-electron chi connectivity index (χ4n) is 3.50. The summed E-state index contributed by atoms with van der Waals surface area (Å²) in [5.41, 5.74) is 1.91. The van der Waals surface area contributed by atoms with Crippen molar-refractivity contribution in [1.82, 2.24) is 0 Å². The summed E-state index contributed by atoms with van der Waals surface area (Å²) in [6.45, 7) is -0.475. The van der Waals surface area contributed by atoms with Gasteiger partial charge in [-0.3, -0.25) is 9.10 Å². The molecule has 0 saturated carbocycles. The first kappa shape index (κ1) is 26.2. The van der Waals surface area contributed by atoms with Crippen LogP contribution in [0.5, 0.6) is 5.75 Å². The van der Waals surface area contributed by atoms with Crippen LogP contribution in [0.15, 0.2) is 113 Å². The van der Waals surface area contributed by atoms with Crippen molar-refractivity contribution < 1.29 is 22.3 Å². The minimum absolute atomic E-state index is 0.127. The summed E-state index contributed by atoms with van der Waals surface area (Å²) in [5.74, 6) is 0.239. The molecule has 4 rings (SSSR count). The predicted molar refractivity (Wildman–Crippen MR) is 145 cm³/mol. The van der Waals surface area contributed by atoms with Crippen molar-refractivity contribution in [3.05, 3.63) is 115 Å². The SMILES string of the molecule is COc1ccc(N(CC(=O)Nc2ccc(CSc3ccccc3)cc2)S(=O)(=O)c2ccc(F)cc2)cc1. The molecule has 0 unspecified atom stereocenters. The van der Waals surface area contributed by atoms with Gasteiger partial charge in [0.15, 0.2) is 0 Å². The molecule has 0 aliphatic rings. The first-order chi connectivity index (χ1) is 17.8. The van der Waals surface area contributed by atoms with Crippen molar-refractivity contribution in [3.8, 4) is 5.75 Å². The number of sulfonamides is 1. The van der Waals surface area contributed by atoms with Crippen LogP contribution in [0, 0.1) is 5.82 Å². The number of carbonyl (C=O) groups is 1. The third kappa shape index (κ3) is 6.90. The molecule has 0 saturated heterocycles. The van der Waals surface area contributed by atoms with Crippen LogP contribution < -0.4 is 14.4 Å². The average molecular weight is 537 g/mol. The Balaban J connectivity index is 1.48. The molecule has 0 radical (unpaired) electrons. The summed E-state index contributed by atoms with van der Waals surface area (Å²) in [4.78, 5) is 14.0. The monoisotopic (exact) mass is 536 g/mol. The first-order valence-electron chi connectivity index (χ1n) is 11.3. The van der Waals surface area contributed by atoms with E-state index in [2.05, 4.69) is 5.32 Å². The number of hydrogen-bond donors (Lipinski definition) is 1. The van der Waals surface area contributed by atoms with Crippen LogP contribution in [-0.2, 0) is 20.6 Å². The lowest BCUT2D eigenvalue weighted by Crippen LogP contribution is -2.38. The van der Waals surface area contributed by atoms with Gasteiger partial charge in [0.2, 0.25) is 5.91 Å². The van der Waals surface area contributed by atoms with E-state index in [1.54, 1.807) is 48.2 Å². The second kappa shape index (κ2) is 11.9. The summed E-state index contributed by atoms with van der Waals surface area (Å²) < 4.78 is 46.4. The van der Waals surface area contributed by atoms with Gasteiger partial charge in [0.05, 0.1) is 17.7 Å². The van der Waals surface area contributed by atoms with E-state index in [0.717, 1.165) is 27.8 Å². The van der Waals surface area contributed by atoms with Gasteiger partial charge >= 0.3 is 0 Å². The van der Waals surface area contributed by atoms with Crippen molar-refractivity contribution in [3.63, 3.8) is 0 Å². The van der Waals surface area contributed by atoms with Gasteiger partial charge in [0, 0.05) is 16.3 Å². The Morgan fingerprint density at radius 2 is 1.54 bits per heavy atom. The fraction of sp³-hybridized carbons (Fsp3) is 0.107. The van der Waals surface area contributed by atoms with Crippen molar-refractivity contribution in [2.24, 2.45) is 0 Å². The number of nitrogens with one attached hydrogen (secondary N) is 1. The molecule has 37 heavy (non-hydrogen) atoms. The third-order valence-corrected chi connectivity index (χ3v) is 8.31. The molecule has 0 aliphatic heterocycles. The van der Waals surface area contributed by atoms with Gasteiger partial charge in [-0.25, -0.2) is 12.8 Å². The van der Waals surface area contributed by atoms with Gasteiger partial charge in [-0.15, -0.1) is 11.8 Å². The Kier molecular flexibility index (Phi) is 8.47. The van der Waals surface area contributed by atoms with Crippen LogP contribution in [0.2, 0.25) is 0 Å². The highest BCUT2D eigenvalue weighted by atomic mass is 32.2. The maximum Gasteiger partial charge on any atom is 0.264 e. The van der Waals surface area contributed by atoms with Crippen LogP contribution in [0.25, 0.3) is 0 Å². The quantitative estimate of drug-likeness (QED) is 0.253. The smallest absolute Gasteiger partial charge is 0.264 e. The van der Waals surface area contributed by atoms with Crippen LogP contribution >= 0.6 is 11.8 Å². The first-order valence-corrected chi connectivity index (χ1v) is 13.8.